The molecule has 0 aliphatic rings. The third-order valence-electron chi connectivity index (χ3n) is 3.07. The van der Waals surface area contributed by atoms with Crippen molar-refractivity contribution in [2.75, 3.05) is 0 Å². The molecule has 0 heterocycles. The second-order valence-electron chi connectivity index (χ2n) is 4.49. The first kappa shape index (κ1) is 16.7. The molecule has 0 radical (unpaired) electrons. The summed E-state index contributed by atoms with van der Waals surface area (Å²) in [5, 5.41) is 18.1. The molecule has 4 nitrogen and oxygen atoms in total. The number of hydrogen-bond donors (Lipinski definition) is 2. The van der Waals surface area contributed by atoms with Gasteiger partial charge < -0.3 is 10.2 Å². The van der Waals surface area contributed by atoms with E-state index in [2.05, 4.69) is 13.0 Å². The van der Waals surface area contributed by atoms with Crippen LogP contribution in [0.5, 0.6) is 0 Å². The zero-order valence-electron chi connectivity index (χ0n) is 11.3. The summed E-state index contributed by atoms with van der Waals surface area (Å²) in [7, 11) is 0. The topological polar surface area (TPSA) is 74.6 Å². The van der Waals surface area contributed by atoms with Crippen molar-refractivity contribution < 1.29 is 19.8 Å². The van der Waals surface area contributed by atoms with E-state index in [1.165, 1.54) is 0 Å². The summed E-state index contributed by atoms with van der Waals surface area (Å²) in [5.74, 6) is -3.55. The molecular weight excluding hydrogens is 232 g/mol. The molecule has 104 valence electrons. The Balaban J connectivity index is 4.20. The minimum atomic E-state index is -1.01. The van der Waals surface area contributed by atoms with Crippen LogP contribution in [0, 0.1) is 11.8 Å². The normalized spacial score (nSPS) is 14.6. The number of unbranched alkanes of at least 4 members (excludes halogenated alkanes) is 2. The van der Waals surface area contributed by atoms with Crippen molar-refractivity contribution in [3.05, 3.63) is 12.2 Å². The number of allylic oxidation sites excluding steroid dienone is 2. The molecule has 0 saturated carbocycles. The standard InChI is InChI=1S/C14H24O4/c1-3-5-6-7-8-9-10-12(14(17)18)11(4-2)13(15)16/h6-7,11-12H,3-5,8-10H2,1-2H3,(H,15,16)(H,17,18). The molecule has 0 aliphatic heterocycles. The Morgan fingerprint density at radius 3 is 2.00 bits per heavy atom. The van der Waals surface area contributed by atoms with Gasteiger partial charge >= 0.3 is 11.9 Å². The number of hydrogen-bond acceptors (Lipinski definition) is 2. The number of rotatable bonds is 10. The van der Waals surface area contributed by atoms with Gasteiger partial charge in [-0.2, -0.15) is 0 Å². The Labute approximate surface area is 109 Å². The van der Waals surface area contributed by atoms with Crippen molar-refractivity contribution in [1.82, 2.24) is 0 Å². The number of carboxylic acid groups (broad SMARTS) is 2. The van der Waals surface area contributed by atoms with Crippen LogP contribution in [0.25, 0.3) is 0 Å². The van der Waals surface area contributed by atoms with E-state index >= 15 is 0 Å². The van der Waals surface area contributed by atoms with Crippen molar-refractivity contribution in [1.29, 1.82) is 0 Å². The molecular formula is C14H24O4. The lowest BCUT2D eigenvalue weighted by atomic mass is 9.86. The number of carboxylic acids is 2. The van der Waals surface area contributed by atoms with E-state index in [4.69, 9.17) is 10.2 Å². The molecule has 0 amide bonds. The molecule has 2 N–H and O–H groups in total. The van der Waals surface area contributed by atoms with Gasteiger partial charge in [0.1, 0.15) is 0 Å². The summed E-state index contributed by atoms with van der Waals surface area (Å²) in [5.41, 5.74) is 0. The van der Waals surface area contributed by atoms with Crippen LogP contribution < -0.4 is 0 Å². The third-order valence-corrected chi connectivity index (χ3v) is 3.07. The van der Waals surface area contributed by atoms with E-state index in [0.29, 0.717) is 12.8 Å². The van der Waals surface area contributed by atoms with Crippen LogP contribution in [0.4, 0.5) is 0 Å². The van der Waals surface area contributed by atoms with Gasteiger partial charge in [0.2, 0.25) is 0 Å². The Kier molecular flexibility index (Phi) is 8.97. The predicted molar refractivity (Wildman–Crippen MR) is 70.4 cm³/mol. The van der Waals surface area contributed by atoms with Gasteiger partial charge in [-0.25, -0.2) is 0 Å². The minimum absolute atomic E-state index is 0.359. The molecule has 0 aromatic carbocycles. The van der Waals surface area contributed by atoms with Gasteiger partial charge in [0.05, 0.1) is 11.8 Å². The zero-order valence-corrected chi connectivity index (χ0v) is 11.3. The van der Waals surface area contributed by atoms with Gasteiger partial charge in [0.15, 0.2) is 0 Å². The first-order valence-corrected chi connectivity index (χ1v) is 6.65. The Bertz CT molecular complexity index is 284. The van der Waals surface area contributed by atoms with Crippen molar-refractivity contribution >= 4 is 11.9 Å². The highest BCUT2D eigenvalue weighted by Gasteiger charge is 2.31. The summed E-state index contributed by atoms with van der Waals surface area (Å²) in [4.78, 5) is 22.1. The quantitative estimate of drug-likeness (QED) is 0.464. The average Bonchev–Trinajstić information content (AvgIpc) is 2.31. The lowest BCUT2D eigenvalue weighted by Gasteiger charge is -2.18. The fourth-order valence-corrected chi connectivity index (χ4v) is 1.99. The minimum Gasteiger partial charge on any atom is -0.481 e. The molecule has 4 heteroatoms. The Hall–Kier alpha value is -1.32. The largest absolute Gasteiger partial charge is 0.481 e. The number of aliphatic carboxylic acids is 2. The monoisotopic (exact) mass is 256 g/mol. The highest BCUT2D eigenvalue weighted by Crippen LogP contribution is 2.22. The zero-order chi connectivity index (χ0) is 14.0. The summed E-state index contributed by atoms with van der Waals surface area (Å²) in [6.45, 7) is 3.82. The lowest BCUT2D eigenvalue weighted by Crippen LogP contribution is -2.29. The van der Waals surface area contributed by atoms with Gasteiger partial charge in [-0.05, 0) is 32.1 Å². The average molecular weight is 256 g/mol. The molecule has 0 rings (SSSR count). The summed E-state index contributed by atoms with van der Waals surface area (Å²) in [6.07, 6.45) is 8.60. The van der Waals surface area contributed by atoms with Gasteiger partial charge in [-0.15, -0.1) is 0 Å². The molecule has 0 saturated heterocycles. The highest BCUT2D eigenvalue weighted by molar-refractivity contribution is 5.79. The van der Waals surface area contributed by atoms with Crippen molar-refractivity contribution in [3.8, 4) is 0 Å². The predicted octanol–water partition coefficient (Wildman–Crippen LogP) is 3.32. The maximum atomic E-state index is 11.1. The molecule has 0 bridgehead atoms. The van der Waals surface area contributed by atoms with Gasteiger partial charge in [-0.3, -0.25) is 9.59 Å². The molecule has 0 aliphatic carbocycles. The second kappa shape index (κ2) is 9.68. The van der Waals surface area contributed by atoms with Gasteiger partial charge in [0.25, 0.3) is 0 Å². The third kappa shape index (κ3) is 6.42. The van der Waals surface area contributed by atoms with Crippen LogP contribution in [0.1, 0.15) is 52.4 Å². The summed E-state index contributed by atoms with van der Waals surface area (Å²) >= 11 is 0. The van der Waals surface area contributed by atoms with Crippen LogP contribution in [-0.2, 0) is 9.59 Å². The summed E-state index contributed by atoms with van der Waals surface area (Å²) in [6, 6.07) is 0. The van der Waals surface area contributed by atoms with E-state index in [0.717, 1.165) is 25.7 Å². The molecule has 0 aromatic heterocycles. The first-order chi connectivity index (χ1) is 8.54. The van der Waals surface area contributed by atoms with E-state index in [1.807, 2.05) is 6.08 Å². The lowest BCUT2D eigenvalue weighted by molar-refractivity contribution is -0.154. The van der Waals surface area contributed by atoms with Crippen LogP contribution in [0.3, 0.4) is 0 Å². The first-order valence-electron chi connectivity index (χ1n) is 6.65. The van der Waals surface area contributed by atoms with Gasteiger partial charge in [-0.1, -0.05) is 32.4 Å². The Morgan fingerprint density at radius 2 is 1.56 bits per heavy atom. The van der Waals surface area contributed by atoms with E-state index in [1.54, 1.807) is 6.92 Å². The van der Waals surface area contributed by atoms with Crippen LogP contribution in [0.2, 0.25) is 0 Å². The van der Waals surface area contributed by atoms with E-state index in [9.17, 15) is 9.59 Å². The van der Waals surface area contributed by atoms with Crippen molar-refractivity contribution in [2.24, 2.45) is 11.8 Å². The van der Waals surface area contributed by atoms with E-state index < -0.39 is 23.8 Å². The van der Waals surface area contributed by atoms with Crippen molar-refractivity contribution in [3.63, 3.8) is 0 Å². The fraction of sp³-hybridized carbons (Fsp3) is 0.714. The van der Waals surface area contributed by atoms with Crippen LogP contribution >= 0.6 is 0 Å². The molecule has 0 aromatic rings. The van der Waals surface area contributed by atoms with Crippen molar-refractivity contribution in [2.45, 2.75) is 52.4 Å². The molecule has 0 fully saturated rings. The smallest absolute Gasteiger partial charge is 0.307 e. The van der Waals surface area contributed by atoms with E-state index in [-0.39, 0.29) is 0 Å². The molecule has 2 atom stereocenters. The maximum Gasteiger partial charge on any atom is 0.307 e. The Morgan fingerprint density at radius 1 is 1.00 bits per heavy atom. The SMILES string of the molecule is CCCC=CCCCC(C(=O)O)C(CC)C(=O)O. The number of carbonyl (C=O) groups is 2. The fourth-order valence-electron chi connectivity index (χ4n) is 1.99. The highest BCUT2D eigenvalue weighted by atomic mass is 16.4. The van der Waals surface area contributed by atoms with Crippen LogP contribution in [-0.4, -0.2) is 22.2 Å². The summed E-state index contributed by atoms with van der Waals surface area (Å²) < 4.78 is 0. The van der Waals surface area contributed by atoms with Crippen LogP contribution in [0.15, 0.2) is 12.2 Å². The second-order valence-corrected chi connectivity index (χ2v) is 4.49. The van der Waals surface area contributed by atoms with Gasteiger partial charge in [0, 0.05) is 0 Å². The molecule has 0 spiro atoms. The molecule has 2 unspecified atom stereocenters. The maximum absolute atomic E-state index is 11.1. The molecule has 18 heavy (non-hydrogen) atoms.